The number of hydrogen-bond donors (Lipinski definition) is 0. The fourth-order valence-corrected chi connectivity index (χ4v) is 4.96. The summed E-state index contributed by atoms with van der Waals surface area (Å²) in [6.45, 7) is 6.55. The number of ether oxygens (including phenoxy) is 2. The largest absolute Gasteiger partial charge is 0.494 e. The predicted molar refractivity (Wildman–Crippen MR) is 146 cm³/mol. The summed E-state index contributed by atoms with van der Waals surface area (Å²) in [6, 6.07) is 17.8. The molecule has 0 saturated carbocycles. The average molecular weight is 508 g/mol. The second kappa shape index (κ2) is 12.2. The molecule has 0 bridgehead atoms. The molecule has 35 heavy (non-hydrogen) atoms. The number of hydrogen-bond acceptors (Lipinski definition) is 6. The lowest BCUT2D eigenvalue weighted by Crippen LogP contribution is -2.29. The first-order valence-electron chi connectivity index (χ1n) is 11.8. The van der Waals surface area contributed by atoms with Gasteiger partial charge in [-0.25, -0.2) is 4.68 Å². The molecule has 4 rings (SSSR count). The summed E-state index contributed by atoms with van der Waals surface area (Å²) in [5.41, 5.74) is 3.53. The van der Waals surface area contributed by atoms with E-state index in [2.05, 4.69) is 6.92 Å². The van der Waals surface area contributed by atoms with Gasteiger partial charge in [0.1, 0.15) is 10.1 Å². The van der Waals surface area contributed by atoms with E-state index in [1.54, 1.807) is 4.90 Å². The molecule has 8 heteroatoms. The maximum Gasteiger partial charge on any atom is 0.266 e. The normalized spacial score (nSPS) is 14.8. The summed E-state index contributed by atoms with van der Waals surface area (Å²) in [5, 5.41) is 4.87. The van der Waals surface area contributed by atoms with Crippen LogP contribution in [0.25, 0.3) is 23.0 Å². The minimum Gasteiger partial charge on any atom is -0.494 e. The van der Waals surface area contributed by atoms with E-state index < -0.39 is 0 Å². The summed E-state index contributed by atoms with van der Waals surface area (Å²) in [6.07, 6.45) is 5.55. The van der Waals surface area contributed by atoms with Crippen molar-refractivity contribution in [2.24, 2.45) is 0 Å². The van der Waals surface area contributed by atoms with Crippen molar-refractivity contribution in [1.29, 1.82) is 0 Å². The Morgan fingerprint density at radius 1 is 1.06 bits per heavy atom. The summed E-state index contributed by atoms with van der Waals surface area (Å²) in [4.78, 5) is 15.4. The van der Waals surface area contributed by atoms with Gasteiger partial charge in [-0.2, -0.15) is 5.10 Å². The SMILES string of the molecule is CCCOc1ccc(-c2nn(-c3ccccc3)cc2C=C2SC(=S)N(CCCOCC)C2=O)cc1. The van der Waals surface area contributed by atoms with Gasteiger partial charge in [-0.3, -0.25) is 9.69 Å². The van der Waals surface area contributed by atoms with Crippen LogP contribution in [0.1, 0.15) is 32.3 Å². The van der Waals surface area contributed by atoms with Gasteiger partial charge in [0.15, 0.2) is 0 Å². The zero-order chi connectivity index (χ0) is 24.6. The molecule has 6 nitrogen and oxygen atoms in total. The monoisotopic (exact) mass is 507 g/mol. The lowest BCUT2D eigenvalue weighted by molar-refractivity contribution is -0.122. The first-order valence-corrected chi connectivity index (χ1v) is 13.0. The van der Waals surface area contributed by atoms with Crippen molar-refractivity contribution in [2.75, 3.05) is 26.4 Å². The van der Waals surface area contributed by atoms with Gasteiger partial charge in [0.2, 0.25) is 0 Å². The highest BCUT2D eigenvalue weighted by molar-refractivity contribution is 8.26. The molecule has 1 aliphatic heterocycles. The molecule has 1 saturated heterocycles. The number of para-hydroxylation sites is 1. The van der Waals surface area contributed by atoms with E-state index in [-0.39, 0.29) is 5.91 Å². The molecule has 3 aromatic rings. The zero-order valence-electron chi connectivity index (χ0n) is 20.0. The quantitative estimate of drug-likeness (QED) is 0.181. The zero-order valence-corrected chi connectivity index (χ0v) is 21.6. The van der Waals surface area contributed by atoms with Gasteiger partial charge in [0.25, 0.3) is 5.91 Å². The van der Waals surface area contributed by atoms with Crippen LogP contribution in [0.5, 0.6) is 5.75 Å². The number of thioether (sulfide) groups is 1. The van der Waals surface area contributed by atoms with E-state index in [1.807, 2.05) is 78.5 Å². The Kier molecular flexibility index (Phi) is 8.74. The van der Waals surface area contributed by atoms with Crippen molar-refractivity contribution in [1.82, 2.24) is 14.7 Å². The lowest BCUT2D eigenvalue weighted by Gasteiger charge is -2.13. The van der Waals surface area contributed by atoms with Gasteiger partial charge in [0.05, 0.1) is 22.9 Å². The molecule has 0 unspecified atom stereocenters. The molecular formula is C27H29N3O3S2. The number of amides is 1. The molecular weight excluding hydrogens is 478 g/mol. The van der Waals surface area contributed by atoms with E-state index in [4.69, 9.17) is 26.8 Å². The van der Waals surface area contributed by atoms with Crippen molar-refractivity contribution >= 4 is 40.3 Å². The van der Waals surface area contributed by atoms with E-state index in [0.717, 1.165) is 41.1 Å². The molecule has 2 aromatic carbocycles. The van der Waals surface area contributed by atoms with Crippen molar-refractivity contribution in [3.63, 3.8) is 0 Å². The van der Waals surface area contributed by atoms with Crippen LogP contribution in [0.4, 0.5) is 0 Å². The van der Waals surface area contributed by atoms with Gasteiger partial charge in [-0.1, -0.05) is 49.1 Å². The highest BCUT2D eigenvalue weighted by Crippen LogP contribution is 2.35. The fourth-order valence-electron chi connectivity index (χ4n) is 3.66. The summed E-state index contributed by atoms with van der Waals surface area (Å²) in [7, 11) is 0. The Morgan fingerprint density at radius 2 is 1.83 bits per heavy atom. The second-order valence-corrected chi connectivity index (χ2v) is 9.65. The molecule has 0 atom stereocenters. The van der Waals surface area contributed by atoms with Crippen LogP contribution in [-0.4, -0.2) is 51.3 Å². The number of carbonyl (C=O) groups is 1. The van der Waals surface area contributed by atoms with Gasteiger partial charge in [0, 0.05) is 37.1 Å². The predicted octanol–water partition coefficient (Wildman–Crippen LogP) is 5.96. The van der Waals surface area contributed by atoms with Crippen LogP contribution >= 0.6 is 24.0 Å². The van der Waals surface area contributed by atoms with Crippen LogP contribution in [0, 0.1) is 0 Å². The van der Waals surface area contributed by atoms with Crippen LogP contribution in [-0.2, 0) is 9.53 Å². The number of rotatable bonds is 11. The highest BCUT2D eigenvalue weighted by Gasteiger charge is 2.32. The molecule has 0 N–H and O–H groups in total. The Morgan fingerprint density at radius 3 is 2.54 bits per heavy atom. The number of carbonyl (C=O) groups excluding carboxylic acids is 1. The summed E-state index contributed by atoms with van der Waals surface area (Å²) < 4.78 is 13.5. The van der Waals surface area contributed by atoms with E-state index in [9.17, 15) is 4.79 Å². The molecule has 1 amide bonds. The third-order valence-corrected chi connectivity index (χ3v) is 6.78. The van der Waals surface area contributed by atoms with Crippen LogP contribution in [0.15, 0.2) is 65.7 Å². The van der Waals surface area contributed by atoms with Crippen molar-refractivity contribution in [3.05, 3.63) is 71.3 Å². The van der Waals surface area contributed by atoms with Gasteiger partial charge >= 0.3 is 0 Å². The minimum atomic E-state index is -0.0711. The second-order valence-electron chi connectivity index (χ2n) is 7.97. The molecule has 0 radical (unpaired) electrons. The number of nitrogens with zero attached hydrogens (tertiary/aromatic N) is 3. The molecule has 0 aliphatic carbocycles. The molecule has 2 heterocycles. The summed E-state index contributed by atoms with van der Waals surface area (Å²) in [5.74, 6) is 0.755. The molecule has 1 aliphatic rings. The Balaban J connectivity index is 1.64. The Bertz CT molecular complexity index is 1190. The van der Waals surface area contributed by atoms with E-state index in [1.165, 1.54) is 11.8 Å². The van der Waals surface area contributed by atoms with Crippen molar-refractivity contribution < 1.29 is 14.3 Å². The number of aromatic nitrogens is 2. The van der Waals surface area contributed by atoms with Crippen LogP contribution < -0.4 is 4.74 Å². The van der Waals surface area contributed by atoms with Gasteiger partial charge in [-0.15, -0.1) is 0 Å². The fraction of sp³-hybridized carbons (Fsp3) is 0.296. The maximum atomic E-state index is 13.1. The number of thiocarbonyl (C=S) groups is 1. The number of benzene rings is 2. The van der Waals surface area contributed by atoms with Gasteiger partial charge in [-0.05, 0) is 62.2 Å². The van der Waals surface area contributed by atoms with Crippen LogP contribution in [0.2, 0.25) is 0 Å². The Labute approximate surface area is 215 Å². The van der Waals surface area contributed by atoms with E-state index >= 15 is 0 Å². The summed E-state index contributed by atoms with van der Waals surface area (Å²) >= 11 is 6.83. The van der Waals surface area contributed by atoms with Crippen molar-refractivity contribution in [3.8, 4) is 22.7 Å². The smallest absolute Gasteiger partial charge is 0.266 e. The first-order chi connectivity index (χ1) is 17.1. The third kappa shape index (κ3) is 6.20. The lowest BCUT2D eigenvalue weighted by atomic mass is 10.1. The first kappa shape index (κ1) is 25.2. The van der Waals surface area contributed by atoms with Gasteiger partial charge < -0.3 is 9.47 Å². The van der Waals surface area contributed by atoms with Crippen LogP contribution in [0.3, 0.4) is 0 Å². The molecule has 0 spiro atoms. The maximum absolute atomic E-state index is 13.1. The Hall–Kier alpha value is -2.94. The van der Waals surface area contributed by atoms with E-state index in [0.29, 0.717) is 35.6 Å². The molecule has 182 valence electrons. The third-order valence-electron chi connectivity index (χ3n) is 5.40. The standard InChI is InChI=1S/C27H29N3O3S2/c1-3-16-33-23-13-11-20(12-14-23)25-21(19-30(28-25)22-9-6-5-7-10-22)18-24-26(31)29(27(34)35-24)15-8-17-32-4-2/h5-7,9-14,18-19H,3-4,8,15-17H2,1-2H3. The highest BCUT2D eigenvalue weighted by atomic mass is 32.2. The molecule has 1 fully saturated rings. The van der Waals surface area contributed by atoms with Crippen molar-refractivity contribution in [2.45, 2.75) is 26.7 Å². The topological polar surface area (TPSA) is 56.6 Å². The molecule has 1 aromatic heterocycles. The minimum absolute atomic E-state index is 0.0711. The average Bonchev–Trinajstić information content (AvgIpc) is 3.42.